The summed E-state index contributed by atoms with van der Waals surface area (Å²) in [7, 11) is 0. The summed E-state index contributed by atoms with van der Waals surface area (Å²) in [6.07, 6.45) is 1.48. The van der Waals surface area contributed by atoms with Gasteiger partial charge in [0.05, 0.1) is 18.8 Å². The number of esters is 1. The molecule has 110 valence electrons. The van der Waals surface area contributed by atoms with Crippen molar-refractivity contribution in [3.05, 3.63) is 27.4 Å². The van der Waals surface area contributed by atoms with Gasteiger partial charge in [-0.05, 0) is 19.8 Å². The molecule has 0 bridgehead atoms. The lowest BCUT2D eigenvalue weighted by molar-refractivity contribution is 0.0513. The van der Waals surface area contributed by atoms with E-state index < -0.39 is 18.1 Å². The van der Waals surface area contributed by atoms with Crippen LogP contribution in [0.1, 0.15) is 47.6 Å². The average molecular weight is 282 g/mol. The van der Waals surface area contributed by atoms with E-state index in [2.05, 4.69) is 9.97 Å². The summed E-state index contributed by atoms with van der Waals surface area (Å²) < 4.78 is 10.1. The molecular weight excluding hydrogens is 264 g/mol. The quantitative estimate of drug-likeness (QED) is 0.772. The summed E-state index contributed by atoms with van der Waals surface area (Å²) in [6.45, 7) is 2.51. The van der Waals surface area contributed by atoms with Crippen LogP contribution in [0.25, 0.3) is 0 Å². The Labute approximate surface area is 115 Å². The monoisotopic (exact) mass is 282 g/mol. The van der Waals surface area contributed by atoms with Crippen LogP contribution in [0, 0.1) is 0 Å². The largest absolute Gasteiger partial charge is 0.461 e. The third-order valence-corrected chi connectivity index (χ3v) is 3.27. The molecule has 0 atom stereocenters. The highest BCUT2D eigenvalue weighted by Gasteiger charge is 2.24. The molecule has 2 N–H and O–H groups in total. The number of carbonyl (C=O) groups is 1. The SMILES string of the molecule is CCOC(=O)c1nc(C2CCOCC2)[nH]c(=O)c1CO. The molecule has 0 aliphatic carbocycles. The molecule has 1 aromatic rings. The van der Waals surface area contributed by atoms with E-state index in [1.54, 1.807) is 6.92 Å². The summed E-state index contributed by atoms with van der Waals surface area (Å²) in [4.78, 5) is 30.6. The zero-order valence-corrected chi connectivity index (χ0v) is 11.3. The van der Waals surface area contributed by atoms with Gasteiger partial charge in [-0.3, -0.25) is 4.79 Å². The first-order valence-corrected chi connectivity index (χ1v) is 6.66. The minimum absolute atomic E-state index is 0.0531. The lowest BCUT2D eigenvalue weighted by atomic mass is 9.99. The van der Waals surface area contributed by atoms with Crippen LogP contribution in [0.2, 0.25) is 0 Å². The van der Waals surface area contributed by atoms with E-state index in [1.807, 2.05) is 0 Å². The van der Waals surface area contributed by atoms with Crippen LogP contribution in [0.4, 0.5) is 0 Å². The van der Waals surface area contributed by atoms with Crippen molar-refractivity contribution < 1.29 is 19.4 Å². The number of H-pyrrole nitrogens is 1. The highest BCUT2D eigenvalue weighted by molar-refractivity contribution is 5.88. The lowest BCUT2D eigenvalue weighted by Crippen LogP contribution is -2.27. The van der Waals surface area contributed by atoms with Gasteiger partial charge in [-0.2, -0.15) is 0 Å². The molecule has 0 saturated carbocycles. The Hall–Kier alpha value is -1.73. The molecule has 1 aromatic heterocycles. The van der Waals surface area contributed by atoms with Crippen molar-refractivity contribution in [2.45, 2.75) is 32.3 Å². The number of rotatable bonds is 4. The van der Waals surface area contributed by atoms with E-state index in [9.17, 15) is 14.7 Å². The van der Waals surface area contributed by atoms with Crippen molar-refractivity contribution in [2.75, 3.05) is 19.8 Å². The summed E-state index contributed by atoms with van der Waals surface area (Å²) in [5.41, 5.74) is -0.647. The number of hydrogen-bond donors (Lipinski definition) is 2. The maximum atomic E-state index is 11.9. The van der Waals surface area contributed by atoms with Gasteiger partial charge in [0, 0.05) is 19.1 Å². The number of aliphatic hydroxyl groups is 1. The zero-order chi connectivity index (χ0) is 14.5. The number of nitrogens with zero attached hydrogens (tertiary/aromatic N) is 1. The van der Waals surface area contributed by atoms with Gasteiger partial charge in [-0.15, -0.1) is 0 Å². The van der Waals surface area contributed by atoms with Crippen LogP contribution in [-0.2, 0) is 16.1 Å². The fourth-order valence-electron chi connectivity index (χ4n) is 2.19. The van der Waals surface area contributed by atoms with E-state index in [1.165, 1.54) is 0 Å². The van der Waals surface area contributed by atoms with E-state index in [0.29, 0.717) is 19.0 Å². The molecule has 20 heavy (non-hydrogen) atoms. The van der Waals surface area contributed by atoms with Gasteiger partial charge >= 0.3 is 5.97 Å². The first-order valence-electron chi connectivity index (χ1n) is 6.66. The highest BCUT2D eigenvalue weighted by Crippen LogP contribution is 2.23. The highest BCUT2D eigenvalue weighted by atomic mass is 16.5. The van der Waals surface area contributed by atoms with Crippen molar-refractivity contribution in [3.63, 3.8) is 0 Å². The smallest absolute Gasteiger partial charge is 0.357 e. The molecule has 1 fully saturated rings. The standard InChI is InChI=1S/C13H18N2O5/c1-2-20-13(18)10-9(7-16)12(17)15-11(14-10)8-3-5-19-6-4-8/h8,16H,2-7H2,1H3,(H,14,15,17). The topological polar surface area (TPSA) is 102 Å². The van der Waals surface area contributed by atoms with Crippen LogP contribution in [-0.4, -0.2) is 40.9 Å². The van der Waals surface area contributed by atoms with Crippen molar-refractivity contribution in [1.29, 1.82) is 0 Å². The van der Waals surface area contributed by atoms with Crippen LogP contribution < -0.4 is 5.56 Å². The van der Waals surface area contributed by atoms with Crippen LogP contribution >= 0.6 is 0 Å². The summed E-state index contributed by atoms with van der Waals surface area (Å²) in [5.74, 6) is -0.174. The molecule has 2 rings (SSSR count). The number of aromatic amines is 1. The van der Waals surface area contributed by atoms with E-state index in [4.69, 9.17) is 9.47 Å². The van der Waals surface area contributed by atoms with Gasteiger partial charge < -0.3 is 19.6 Å². The average Bonchev–Trinajstić information content (AvgIpc) is 2.47. The van der Waals surface area contributed by atoms with E-state index in [0.717, 1.165) is 12.8 Å². The van der Waals surface area contributed by atoms with Crippen molar-refractivity contribution in [2.24, 2.45) is 0 Å². The zero-order valence-electron chi connectivity index (χ0n) is 11.3. The molecule has 0 amide bonds. The molecule has 7 nitrogen and oxygen atoms in total. The molecule has 0 unspecified atom stereocenters. The minimum atomic E-state index is -0.684. The lowest BCUT2D eigenvalue weighted by Gasteiger charge is -2.21. The fraction of sp³-hybridized carbons (Fsp3) is 0.615. The summed E-state index contributed by atoms with van der Waals surface area (Å²) >= 11 is 0. The fourth-order valence-corrected chi connectivity index (χ4v) is 2.19. The first-order chi connectivity index (χ1) is 9.67. The number of nitrogens with one attached hydrogen (secondary N) is 1. The maximum Gasteiger partial charge on any atom is 0.357 e. The van der Waals surface area contributed by atoms with Gasteiger partial charge in [0.25, 0.3) is 5.56 Å². The van der Waals surface area contributed by atoms with Crippen LogP contribution in [0.5, 0.6) is 0 Å². The number of aromatic nitrogens is 2. The Kier molecular flexibility index (Phi) is 4.86. The minimum Gasteiger partial charge on any atom is -0.461 e. The van der Waals surface area contributed by atoms with Crippen molar-refractivity contribution in [3.8, 4) is 0 Å². The molecule has 0 radical (unpaired) electrons. The van der Waals surface area contributed by atoms with Crippen LogP contribution in [0.15, 0.2) is 4.79 Å². The Morgan fingerprint density at radius 2 is 2.20 bits per heavy atom. The molecule has 2 heterocycles. The molecule has 0 spiro atoms. The van der Waals surface area contributed by atoms with Gasteiger partial charge in [0.1, 0.15) is 5.82 Å². The molecule has 0 aromatic carbocycles. The third kappa shape index (κ3) is 3.05. The molecule has 1 saturated heterocycles. The summed E-state index contributed by atoms with van der Waals surface area (Å²) in [5, 5.41) is 9.23. The summed E-state index contributed by atoms with van der Waals surface area (Å²) in [6, 6.07) is 0. The van der Waals surface area contributed by atoms with Gasteiger partial charge in [0.2, 0.25) is 0 Å². The maximum absolute atomic E-state index is 11.9. The Morgan fingerprint density at radius 1 is 1.50 bits per heavy atom. The van der Waals surface area contributed by atoms with E-state index >= 15 is 0 Å². The third-order valence-electron chi connectivity index (χ3n) is 3.27. The number of aliphatic hydroxyl groups excluding tert-OH is 1. The Morgan fingerprint density at radius 3 is 2.80 bits per heavy atom. The normalized spacial score (nSPS) is 16.1. The van der Waals surface area contributed by atoms with Gasteiger partial charge in [-0.25, -0.2) is 9.78 Å². The predicted molar refractivity (Wildman–Crippen MR) is 69.5 cm³/mol. The Balaban J connectivity index is 2.40. The van der Waals surface area contributed by atoms with Gasteiger partial charge in [0.15, 0.2) is 5.69 Å². The first kappa shape index (κ1) is 14.7. The number of hydrogen-bond acceptors (Lipinski definition) is 6. The second-order valence-electron chi connectivity index (χ2n) is 4.54. The Bertz CT molecular complexity index is 534. The van der Waals surface area contributed by atoms with Crippen molar-refractivity contribution >= 4 is 5.97 Å². The number of ether oxygens (including phenoxy) is 2. The molecule has 7 heteroatoms. The predicted octanol–water partition coefficient (Wildman–Crippen LogP) is 0.333. The number of carbonyl (C=O) groups excluding carboxylic acids is 1. The van der Waals surface area contributed by atoms with Crippen molar-refractivity contribution in [1.82, 2.24) is 9.97 Å². The van der Waals surface area contributed by atoms with Gasteiger partial charge in [-0.1, -0.05) is 0 Å². The molecule has 1 aliphatic rings. The van der Waals surface area contributed by atoms with Crippen LogP contribution in [0.3, 0.4) is 0 Å². The molecular formula is C13H18N2O5. The second-order valence-corrected chi connectivity index (χ2v) is 4.54. The second kappa shape index (κ2) is 6.62. The van der Waals surface area contributed by atoms with E-state index in [-0.39, 0.29) is 23.8 Å². The molecule has 1 aliphatic heterocycles.